The highest BCUT2D eigenvalue weighted by atomic mass is 16.2. The molecule has 9 N–H and O–H groups in total. The molecule has 27 heteroatoms. The third-order valence-electron chi connectivity index (χ3n) is 19.2. The van der Waals surface area contributed by atoms with Gasteiger partial charge in [0, 0.05) is 96.3 Å². The Labute approximate surface area is 631 Å². The molecular weight excluding hydrogens is 1360 g/mol. The van der Waals surface area contributed by atoms with Crippen LogP contribution in [0.15, 0.2) is 131 Å². The van der Waals surface area contributed by atoms with Crippen LogP contribution in [0.3, 0.4) is 0 Å². The molecule has 582 valence electrons. The van der Waals surface area contributed by atoms with Gasteiger partial charge in [0.1, 0.15) is 19.1 Å². The number of hydrogen-bond acceptors (Lipinski definition) is 14. The number of rotatable bonds is 43. The second-order valence-corrected chi connectivity index (χ2v) is 29.2. The van der Waals surface area contributed by atoms with E-state index in [9.17, 15) is 38.4 Å². The molecule has 2 aliphatic rings. The second kappa shape index (κ2) is 43.5. The first-order valence-corrected chi connectivity index (χ1v) is 37.7. The molecule has 0 aliphatic carbocycles. The van der Waals surface area contributed by atoms with E-state index in [1.165, 1.54) is 44.1 Å². The van der Waals surface area contributed by atoms with Crippen molar-refractivity contribution in [1.82, 2.24) is 49.4 Å². The molecule has 2 fully saturated rings. The molecule has 107 heavy (non-hydrogen) atoms. The highest BCUT2D eigenvalue weighted by Gasteiger charge is 2.42. The van der Waals surface area contributed by atoms with E-state index < -0.39 is 128 Å². The Morgan fingerprint density at radius 2 is 0.785 bits per heavy atom. The van der Waals surface area contributed by atoms with E-state index in [1.807, 2.05) is 149 Å². The van der Waals surface area contributed by atoms with Gasteiger partial charge in [-0.2, -0.15) is 0 Å². The van der Waals surface area contributed by atoms with Gasteiger partial charge in [-0.15, -0.1) is 0 Å². The zero-order valence-corrected chi connectivity index (χ0v) is 64.3. The van der Waals surface area contributed by atoms with Crippen LogP contribution in [0.4, 0.5) is 0 Å². The van der Waals surface area contributed by atoms with Gasteiger partial charge in [-0.25, -0.2) is 0 Å². The number of unbranched alkanes of at least 4 members (excludes halogenated alkanes) is 2. The number of Topliss-reactive ketones (excluding diaryl/α,β-unsaturated/α-hetero) is 2. The lowest BCUT2D eigenvalue weighted by atomic mass is 9.90. The summed E-state index contributed by atoms with van der Waals surface area (Å²) in [5.74, 6) is -6.94. The Morgan fingerprint density at radius 1 is 0.430 bits per heavy atom. The van der Waals surface area contributed by atoms with Crippen LogP contribution in [0.5, 0.6) is 0 Å². The molecule has 0 aromatic heterocycles. The number of aliphatic imine (C=N–C) groups is 2. The first kappa shape index (κ1) is 85.9. The van der Waals surface area contributed by atoms with Crippen LogP contribution in [0.2, 0.25) is 0 Å². The van der Waals surface area contributed by atoms with Gasteiger partial charge in [-0.05, 0) is 113 Å². The Hall–Kier alpha value is -10.1. The van der Waals surface area contributed by atoms with Gasteiger partial charge in [-0.1, -0.05) is 149 Å². The van der Waals surface area contributed by atoms with Crippen molar-refractivity contribution < 1.29 is 52.7 Å². The van der Waals surface area contributed by atoms with Crippen molar-refractivity contribution in [1.29, 1.82) is 0 Å². The standard InChI is InChI=1S/C80H116N16O11/c1-56(2)46-90(69(98)45-85-44-65(61-28-14-10-15-29-61)62-30-16-11-17-31-62)49-70(99)88(40-24-22-38-86-79(81)82)52-74(103)96(59(7)8)55-76(105)94-43-27-37-68(94)78(107)92(48-66(63-32-18-12-19-33-63)64-34-20-13-21-35-64)51-72(101)91(47-57(3)4)50-71(100)89(41-25-23-39-87-80(83)84)53-73(102)95(58(5)6)54-75(104)93-42-26-36-67(93)77(106)60(9)97/h10-21,28-35,56-59,65-68,85H,22-27,36-55H2,1-9H3,(H4,81,82,86)(H4,83,84,87). The Balaban J connectivity index is 1.25. The molecule has 4 aromatic rings. The molecule has 2 saturated heterocycles. The quantitative estimate of drug-likeness (QED) is 0.0177. The molecule has 6 rings (SSSR count). The average molecular weight is 1480 g/mol. The van der Waals surface area contributed by atoms with E-state index >= 15 is 14.4 Å². The number of guanidine groups is 2. The SMILES string of the molecule is CC(=O)C(=O)C1CCCN1C(=O)CN(C(=O)CN(CCCCN=C(N)N)C(=O)CN(CC(C)C)C(=O)CN(CC(c1ccccc1)c1ccccc1)C(=O)C1CCCN1C(=O)CN(C(=O)CN(CCCCN=C(N)N)C(=O)CN(CC(C)C)C(=O)CNCC(c1ccccc1)c1ccccc1)C(C)C)C(C)C. The molecule has 0 radical (unpaired) electrons. The average Bonchev–Trinajstić information content (AvgIpc) is 1.75. The Bertz CT molecular complexity index is 3550. The van der Waals surface area contributed by atoms with Gasteiger partial charge in [0.25, 0.3) is 0 Å². The minimum absolute atomic E-state index is 0.0166. The van der Waals surface area contributed by atoms with Crippen molar-refractivity contribution >= 4 is 76.7 Å². The highest BCUT2D eigenvalue weighted by molar-refractivity contribution is 6.38. The monoisotopic (exact) mass is 1480 g/mol. The smallest absolute Gasteiger partial charge is 0.245 e. The van der Waals surface area contributed by atoms with Gasteiger partial charge < -0.3 is 72.4 Å². The molecule has 2 unspecified atom stereocenters. The van der Waals surface area contributed by atoms with Gasteiger partial charge in [0.15, 0.2) is 17.7 Å². The largest absolute Gasteiger partial charge is 0.370 e. The van der Waals surface area contributed by atoms with Gasteiger partial charge in [0.05, 0.1) is 45.3 Å². The van der Waals surface area contributed by atoms with E-state index in [1.54, 1.807) is 27.7 Å². The third kappa shape index (κ3) is 27.4. The lowest BCUT2D eigenvalue weighted by Crippen LogP contribution is -2.56. The van der Waals surface area contributed by atoms with Crippen molar-refractivity contribution in [3.05, 3.63) is 144 Å². The zero-order chi connectivity index (χ0) is 78.3. The van der Waals surface area contributed by atoms with Crippen molar-refractivity contribution in [3.8, 4) is 0 Å². The van der Waals surface area contributed by atoms with Crippen LogP contribution in [0, 0.1) is 11.8 Å². The predicted octanol–water partition coefficient (Wildman–Crippen LogP) is 4.42. The normalized spacial score (nSPS) is 14.1. The number of amides is 9. The molecule has 2 aliphatic heterocycles. The lowest BCUT2D eigenvalue weighted by molar-refractivity contribution is -0.151. The van der Waals surface area contributed by atoms with Crippen molar-refractivity contribution in [3.63, 3.8) is 0 Å². The van der Waals surface area contributed by atoms with E-state index in [2.05, 4.69) is 15.3 Å². The molecule has 2 atom stereocenters. The molecule has 9 amide bonds. The minimum Gasteiger partial charge on any atom is -0.370 e. The maximum atomic E-state index is 15.8. The van der Waals surface area contributed by atoms with E-state index in [4.69, 9.17) is 22.9 Å². The van der Waals surface area contributed by atoms with E-state index in [0.29, 0.717) is 51.5 Å². The number of benzene rings is 4. The van der Waals surface area contributed by atoms with Crippen molar-refractivity contribution in [2.75, 3.05) is 118 Å². The number of carbonyl (C=O) groups excluding carboxylic acids is 11. The number of ketones is 2. The molecule has 2 heterocycles. The molecule has 0 bridgehead atoms. The molecular formula is C80H116N16O11. The minimum atomic E-state index is -1.08. The molecule has 0 spiro atoms. The van der Waals surface area contributed by atoms with Crippen molar-refractivity contribution in [2.45, 2.75) is 150 Å². The number of likely N-dealkylation sites (tertiary alicyclic amines) is 2. The number of nitrogens with one attached hydrogen (secondary N) is 1. The zero-order valence-electron chi connectivity index (χ0n) is 64.3. The number of nitrogens with zero attached hydrogens (tertiary/aromatic N) is 11. The summed E-state index contributed by atoms with van der Waals surface area (Å²) < 4.78 is 0. The summed E-state index contributed by atoms with van der Waals surface area (Å²) in [5.41, 5.74) is 26.3. The predicted molar refractivity (Wildman–Crippen MR) is 414 cm³/mol. The molecule has 4 aromatic carbocycles. The lowest BCUT2D eigenvalue weighted by Gasteiger charge is -2.36. The molecule has 0 saturated carbocycles. The first-order valence-electron chi connectivity index (χ1n) is 37.7. The summed E-state index contributed by atoms with van der Waals surface area (Å²) in [6.07, 6.45) is 3.09. The fourth-order valence-corrected chi connectivity index (χ4v) is 13.7. The van der Waals surface area contributed by atoms with Gasteiger partial charge in [0.2, 0.25) is 58.9 Å². The van der Waals surface area contributed by atoms with Crippen LogP contribution in [-0.2, 0) is 52.7 Å². The fraction of sp³-hybridized carbons (Fsp3) is 0.537. The van der Waals surface area contributed by atoms with E-state index in [-0.39, 0.29) is 114 Å². The Kier molecular flexibility index (Phi) is 34.9. The van der Waals surface area contributed by atoms with Gasteiger partial charge >= 0.3 is 0 Å². The summed E-state index contributed by atoms with van der Waals surface area (Å²) in [4.78, 5) is 179. The van der Waals surface area contributed by atoms with Crippen LogP contribution in [0.1, 0.15) is 148 Å². The van der Waals surface area contributed by atoms with Crippen molar-refractivity contribution in [2.24, 2.45) is 44.8 Å². The number of carbonyl (C=O) groups is 11. The highest BCUT2D eigenvalue weighted by Crippen LogP contribution is 2.30. The van der Waals surface area contributed by atoms with Crippen LogP contribution in [-0.4, -0.2) is 263 Å². The molecule has 27 nitrogen and oxygen atoms in total. The van der Waals surface area contributed by atoms with Gasteiger partial charge in [-0.3, -0.25) is 62.7 Å². The Morgan fingerprint density at radius 3 is 1.17 bits per heavy atom. The summed E-state index contributed by atoms with van der Waals surface area (Å²) in [5, 5.41) is 3.36. The number of nitrogens with two attached hydrogens (primary N) is 4. The summed E-state index contributed by atoms with van der Waals surface area (Å²) in [7, 11) is 0. The van der Waals surface area contributed by atoms with Crippen LogP contribution < -0.4 is 28.3 Å². The fourth-order valence-electron chi connectivity index (χ4n) is 13.7. The number of hydrogen-bond donors (Lipinski definition) is 5. The summed E-state index contributed by atoms with van der Waals surface area (Å²) >= 11 is 0. The summed E-state index contributed by atoms with van der Waals surface area (Å²) in [6.45, 7) is 14.4. The maximum Gasteiger partial charge on any atom is 0.245 e. The van der Waals surface area contributed by atoms with Crippen LogP contribution in [0.25, 0.3) is 0 Å². The maximum absolute atomic E-state index is 15.8. The van der Waals surface area contributed by atoms with Crippen LogP contribution >= 0.6 is 0 Å². The summed E-state index contributed by atoms with van der Waals surface area (Å²) in [6, 6.07) is 35.9. The van der Waals surface area contributed by atoms with E-state index in [0.717, 1.165) is 29.2 Å². The second-order valence-electron chi connectivity index (χ2n) is 29.2. The first-order chi connectivity index (χ1) is 51.0. The third-order valence-corrected chi connectivity index (χ3v) is 19.2. The topological polar surface area (TPSA) is 358 Å².